The Bertz CT molecular complexity index is 481. The van der Waals surface area contributed by atoms with Crippen LogP contribution in [0.15, 0.2) is 22.7 Å². The molecule has 0 atom stereocenters. The molecule has 1 aliphatic rings. The fourth-order valence-corrected chi connectivity index (χ4v) is 2.62. The Morgan fingerprint density at radius 2 is 2.19 bits per heavy atom. The maximum absolute atomic E-state index is 12.2. The lowest BCUT2D eigenvalue weighted by Crippen LogP contribution is -2.38. The van der Waals surface area contributed by atoms with Gasteiger partial charge in [-0.25, -0.2) is 0 Å². The number of carbonyl (C=O) groups is 1. The lowest BCUT2D eigenvalue weighted by Gasteiger charge is -2.24. The lowest BCUT2D eigenvalue weighted by atomic mass is 10.2. The number of rotatable bonds is 7. The monoisotopic (exact) mass is 376 g/mol. The normalized spacial score (nSPS) is 13.5. The molecule has 1 aromatic rings. The molecule has 118 valence electrons. The molecule has 1 aromatic carbocycles. The van der Waals surface area contributed by atoms with E-state index in [1.54, 1.807) is 7.05 Å². The Labute approximate surface area is 140 Å². The minimum atomic E-state index is 0. The molecule has 1 amide bonds. The topological polar surface area (TPSA) is 41.6 Å². The molecule has 1 aliphatic carbocycles. The molecule has 0 radical (unpaired) electrons. The Morgan fingerprint density at radius 3 is 2.76 bits per heavy atom. The van der Waals surface area contributed by atoms with E-state index in [2.05, 4.69) is 21.2 Å². The Kier molecular flexibility index (Phi) is 7.49. The van der Waals surface area contributed by atoms with E-state index in [4.69, 9.17) is 4.74 Å². The summed E-state index contributed by atoms with van der Waals surface area (Å²) in [5.41, 5.74) is 1.05. The van der Waals surface area contributed by atoms with Gasteiger partial charge in [0.25, 0.3) is 0 Å². The van der Waals surface area contributed by atoms with Crippen molar-refractivity contribution in [2.24, 2.45) is 0 Å². The number of hydrogen-bond acceptors (Lipinski definition) is 3. The Morgan fingerprint density at radius 1 is 1.48 bits per heavy atom. The van der Waals surface area contributed by atoms with Gasteiger partial charge in [0.15, 0.2) is 0 Å². The summed E-state index contributed by atoms with van der Waals surface area (Å²) in [7, 11) is 1.80. The first kappa shape index (κ1) is 18.3. The molecule has 21 heavy (non-hydrogen) atoms. The maximum Gasteiger partial charge on any atom is 0.237 e. The molecule has 1 fully saturated rings. The standard InChI is InChI=1S/C15H21BrN2O2.ClH/c1-3-20-14-7-4-12(16)8-11(14)10-18(13-5-6-13)15(19)9-17-2;/h4,7-8,13,17H,3,5-6,9-10H2,1-2H3;1H. The van der Waals surface area contributed by atoms with E-state index in [-0.39, 0.29) is 18.3 Å². The van der Waals surface area contributed by atoms with Crippen LogP contribution < -0.4 is 10.1 Å². The molecule has 0 saturated heterocycles. The third-order valence-electron chi connectivity index (χ3n) is 3.30. The molecule has 0 spiro atoms. The van der Waals surface area contributed by atoms with Crippen LogP contribution in [0.5, 0.6) is 5.75 Å². The van der Waals surface area contributed by atoms with E-state index >= 15 is 0 Å². The second-order valence-electron chi connectivity index (χ2n) is 4.97. The van der Waals surface area contributed by atoms with Gasteiger partial charge in [-0.2, -0.15) is 0 Å². The van der Waals surface area contributed by atoms with E-state index in [0.29, 0.717) is 25.7 Å². The molecule has 0 heterocycles. The number of nitrogens with zero attached hydrogens (tertiary/aromatic N) is 1. The molecule has 0 unspecified atom stereocenters. The highest BCUT2D eigenvalue weighted by molar-refractivity contribution is 9.10. The summed E-state index contributed by atoms with van der Waals surface area (Å²) < 4.78 is 6.67. The van der Waals surface area contributed by atoms with E-state index in [0.717, 1.165) is 28.6 Å². The van der Waals surface area contributed by atoms with Crippen molar-refractivity contribution in [3.05, 3.63) is 28.2 Å². The van der Waals surface area contributed by atoms with Crippen LogP contribution >= 0.6 is 28.3 Å². The zero-order valence-electron chi connectivity index (χ0n) is 12.4. The molecule has 4 nitrogen and oxygen atoms in total. The predicted molar refractivity (Wildman–Crippen MR) is 90.1 cm³/mol. The van der Waals surface area contributed by atoms with Crippen molar-refractivity contribution in [3.8, 4) is 5.75 Å². The summed E-state index contributed by atoms with van der Waals surface area (Å²) in [4.78, 5) is 14.2. The number of halogens is 2. The number of amides is 1. The van der Waals surface area contributed by atoms with Gasteiger partial charge in [0, 0.05) is 22.6 Å². The molecular formula is C15H22BrClN2O2. The van der Waals surface area contributed by atoms with Crippen molar-refractivity contribution in [1.29, 1.82) is 0 Å². The summed E-state index contributed by atoms with van der Waals surface area (Å²) >= 11 is 3.49. The van der Waals surface area contributed by atoms with Crippen molar-refractivity contribution in [1.82, 2.24) is 10.2 Å². The van der Waals surface area contributed by atoms with Crippen LogP contribution in [0.2, 0.25) is 0 Å². The van der Waals surface area contributed by atoms with Crippen molar-refractivity contribution in [2.45, 2.75) is 32.4 Å². The van der Waals surface area contributed by atoms with Crippen molar-refractivity contribution in [2.75, 3.05) is 20.2 Å². The highest BCUT2D eigenvalue weighted by Gasteiger charge is 2.32. The van der Waals surface area contributed by atoms with Crippen LogP contribution in [0.3, 0.4) is 0 Å². The summed E-state index contributed by atoms with van der Waals surface area (Å²) in [5, 5.41) is 2.94. The van der Waals surface area contributed by atoms with Gasteiger partial charge in [-0.1, -0.05) is 15.9 Å². The van der Waals surface area contributed by atoms with Crippen LogP contribution in [0.1, 0.15) is 25.3 Å². The number of carbonyl (C=O) groups excluding carboxylic acids is 1. The van der Waals surface area contributed by atoms with Crippen LogP contribution in [0, 0.1) is 0 Å². The number of benzene rings is 1. The SMILES string of the molecule is CCOc1ccc(Br)cc1CN(C(=O)CNC)C1CC1.Cl. The number of hydrogen-bond donors (Lipinski definition) is 1. The van der Waals surface area contributed by atoms with Crippen molar-refractivity contribution < 1.29 is 9.53 Å². The first-order chi connectivity index (χ1) is 9.65. The van der Waals surface area contributed by atoms with Gasteiger partial charge in [0.1, 0.15) is 5.75 Å². The molecule has 0 bridgehead atoms. The number of ether oxygens (including phenoxy) is 1. The third kappa shape index (κ3) is 5.16. The fourth-order valence-electron chi connectivity index (χ4n) is 2.21. The second-order valence-corrected chi connectivity index (χ2v) is 5.88. The molecule has 2 rings (SSSR count). The Hall–Kier alpha value is -0.780. The predicted octanol–water partition coefficient (Wildman–Crippen LogP) is 2.98. The van der Waals surface area contributed by atoms with Gasteiger partial charge in [-0.15, -0.1) is 12.4 Å². The zero-order valence-corrected chi connectivity index (χ0v) is 14.8. The summed E-state index contributed by atoms with van der Waals surface area (Å²) in [6, 6.07) is 6.35. The summed E-state index contributed by atoms with van der Waals surface area (Å²) in [5.74, 6) is 1.01. The van der Waals surface area contributed by atoms with Crippen molar-refractivity contribution >= 4 is 34.2 Å². The van der Waals surface area contributed by atoms with Crippen molar-refractivity contribution in [3.63, 3.8) is 0 Å². The lowest BCUT2D eigenvalue weighted by molar-refractivity contribution is -0.131. The minimum absolute atomic E-state index is 0. The first-order valence-electron chi connectivity index (χ1n) is 7.01. The molecular weight excluding hydrogens is 356 g/mol. The second kappa shape index (κ2) is 8.61. The highest BCUT2D eigenvalue weighted by Crippen LogP contribution is 2.31. The largest absolute Gasteiger partial charge is 0.494 e. The van der Waals surface area contributed by atoms with Gasteiger partial charge >= 0.3 is 0 Å². The quantitative estimate of drug-likeness (QED) is 0.794. The first-order valence-corrected chi connectivity index (χ1v) is 7.80. The average Bonchev–Trinajstić information content (AvgIpc) is 3.23. The van der Waals surface area contributed by atoms with E-state index in [9.17, 15) is 4.79 Å². The van der Waals surface area contributed by atoms with Gasteiger partial charge in [-0.05, 0) is 45.0 Å². The number of likely N-dealkylation sites (N-methyl/N-ethyl adjacent to an activating group) is 1. The van der Waals surface area contributed by atoms with Gasteiger partial charge < -0.3 is 15.0 Å². The molecule has 1 saturated carbocycles. The van der Waals surface area contributed by atoms with Crippen LogP contribution in [-0.4, -0.2) is 37.0 Å². The van der Waals surface area contributed by atoms with Crippen LogP contribution in [0.4, 0.5) is 0 Å². The fraction of sp³-hybridized carbons (Fsp3) is 0.533. The maximum atomic E-state index is 12.2. The Balaban J connectivity index is 0.00000220. The van der Waals surface area contributed by atoms with E-state index < -0.39 is 0 Å². The third-order valence-corrected chi connectivity index (χ3v) is 3.79. The smallest absolute Gasteiger partial charge is 0.237 e. The molecule has 0 aromatic heterocycles. The summed E-state index contributed by atoms with van der Waals surface area (Å²) in [6.45, 7) is 3.59. The molecule has 1 N–H and O–H groups in total. The summed E-state index contributed by atoms with van der Waals surface area (Å²) in [6.07, 6.45) is 2.21. The average molecular weight is 378 g/mol. The highest BCUT2D eigenvalue weighted by atomic mass is 79.9. The minimum Gasteiger partial charge on any atom is -0.494 e. The molecule has 0 aliphatic heterocycles. The van der Waals surface area contributed by atoms with Gasteiger partial charge in [-0.3, -0.25) is 4.79 Å². The van der Waals surface area contributed by atoms with Crippen LogP contribution in [0.25, 0.3) is 0 Å². The zero-order chi connectivity index (χ0) is 14.5. The van der Waals surface area contributed by atoms with Crippen LogP contribution in [-0.2, 0) is 11.3 Å². The van der Waals surface area contributed by atoms with Gasteiger partial charge in [0.2, 0.25) is 5.91 Å². The van der Waals surface area contributed by atoms with Gasteiger partial charge in [0.05, 0.1) is 13.2 Å². The molecule has 6 heteroatoms. The van der Waals surface area contributed by atoms with E-state index in [1.807, 2.05) is 30.0 Å². The van der Waals surface area contributed by atoms with E-state index in [1.165, 1.54) is 0 Å². The number of nitrogens with one attached hydrogen (secondary N) is 1.